The summed E-state index contributed by atoms with van der Waals surface area (Å²) < 4.78 is 4.05. The summed E-state index contributed by atoms with van der Waals surface area (Å²) in [6.45, 7) is 8.12. The quantitative estimate of drug-likeness (QED) is 0.823. The van der Waals surface area contributed by atoms with Crippen LogP contribution in [-0.2, 0) is 13.1 Å². The van der Waals surface area contributed by atoms with E-state index in [9.17, 15) is 0 Å². The molecule has 108 valence electrons. The summed E-state index contributed by atoms with van der Waals surface area (Å²) >= 11 is 0. The molecule has 20 heavy (non-hydrogen) atoms. The molecule has 0 bridgehead atoms. The van der Waals surface area contributed by atoms with Crippen LogP contribution in [0.5, 0.6) is 0 Å². The van der Waals surface area contributed by atoms with Crippen LogP contribution < -0.4 is 0 Å². The lowest BCUT2D eigenvalue weighted by atomic mass is 10.2. The SMILES string of the molecule is Cc1nc(C)n(C[C@H]2CCCN2CCn2cccn2)n1. The lowest BCUT2D eigenvalue weighted by Gasteiger charge is -2.24. The molecule has 2 aromatic rings. The van der Waals surface area contributed by atoms with Gasteiger partial charge in [-0.2, -0.15) is 10.2 Å². The lowest BCUT2D eigenvalue weighted by Crippen LogP contribution is -2.36. The van der Waals surface area contributed by atoms with Gasteiger partial charge in [-0.15, -0.1) is 0 Å². The van der Waals surface area contributed by atoms with Gasteiger partial charge in [0.25, 0.3) is 0 Å². The van der Waals surface area contributed by atoms with Gasteiger partial charge in [0.1, 0.15) is 11.6 Å². The highest BCUT2D eigenvalue weighted by Crippen LogP contribution is 2.19. The van der Waals surface area contributed by atoms with E-state index in [2.05, 4.69) is 20.1 Å². The maximum absolute atomic E-state index is 4.48. The van der Waals surface area contributed by atoms with Crippen molar-refractivity contribution in [3.63, 3.8) is 0 Å². The largest absolute Gasteiger partial charge is 0.297 e. The van der Waals surface area contributed by atoms with Gasteiger partial charge in [0.15, 0.2) is 0 Å². The highest BCUT2D eigenvalue weighted by molar-refractivity contribution is 4.90. The Morgan fingerprint density at radius 3 is 2.90 bits per heavy atom. The molecule has 0 radical (unpaired) electrons. The molecular formula is C14H22N6. The molecule has 0 amide bonds. The molecule has 6 heteroatoms. The zero-order chi connectivity index (χ0) is 13.9. The Morgan fingerprint density at radius 1 is 1.30 bits per heavy atom. The third kappa shape index (κ3) is 2.90. The maximum atomic E-state index is 4.48. The molecule has 1 fully saturated rings. The first-order valence-corrected chi connectivity index (χ1v) is 7.32. The number of hydrogen-bond acceptors (Lipinski definition) is 4. The summed E-state index contributed by atoms with van der Waals surface area (Å²) in [5.41, 5.74) is 0. The molecular weight excluding hydrogens is 252 g/mol. The smallest absolute Gasteiger partial charge is 0.147 e. The summed E-state index contributed by atoms with van der Waals surface area (Å²) in [6.07, 6.45) is 6.38. The summed E-state index contributed by atoms with van der Waals surface area (Å²) in [6, 6.07) is 2.55. The molecule has 0 saturated carbocycles. The van der Waals surface area contributed by atoms with Crippen molar-refractivity contribution in [2.75, 3.05) is 13.1 Å². The average molecular weight is 274 g/mol. The zero-order valence-electron chi connectivity index (χ0n) is 12.2. The summed E-state index contributed by atoms with van der Waals surface area (Å²) in [4.78, 5) is 6.94. The molecule has 1 saturated heterocycles. The predicted octanol–water partition coefficient (Wildman–Crippen LogP) is 1.26. The number of nitrogens with zero attached hydrogens (tertiary/aromatic N) is 6. The minimum atomic E-state index is 0.574. The summed E-state index contributed by atoms with van der Waals surface area (Å²) in [7, 11) is 0. The standard InChI is InChI=1S/C14H22N6/c1-12-16-13(2)20(17-12)11-14-5-3-7-18(14)9-10-19-8-4-6-15-19/h4,6,8,14H,3,5,7,9-11H2,1-2H3/t14-/m1/s1. The van der Waals surface area contributed by atoms with Gasteiger partial charge in [-0.05, 0) is 39.3 Å². The minimum Gasteiger partial charge on any atom is -0.297 e. The molecule has 1 aliphatic rings. The van der Waals surface area contributed by atoms with Crippen LogP contribution >= 0.6 is 0 Å². The van der Waals surface area contributed by atoms with Crippen LogP contribution in [0, 0.1) is 13.8 Å². The first-order chi connectivity index (χ1) is 9.72. The number of hydrogen-bond donors (Lipinski definition) is 0. The Kier molecular flexibility index (Phi) is 3.82. The van der Waals surface area contributed by atoms with E-state index in [-0.39, 0.29) is 0 Å². The number of likely N-dealkylation sites (tertiary alicyclic amines) is 1. The monoisotopic (exact) mass is 274 g/mol. The highest BCUT2D eigenvalue weighted by Gasteiger charge is 2.25. The number of aromatic nitrogens is 5. The second-order valence-electron chi connectivity index (χ2n) is 5.49. The molecule has 2 aromatic heterocycles. The van der Waals surface area contributed by atoms with E-state index in [1.807, 2.05) is 41.7 Å². The highest BCUT2D eigenvalue weighted by atomic mass is 15.4. The fourth-order valence-electron chi connectivity index (χ4n) is 2.99. The van der Waals surface area contributed by atoms with E-state index in [0.717, 1.165) is 31.3 Å². The fraction of sp³-hybridized carbons (Fsp3) is 0.643. The minimum absolute atomic E-state index is 0.574. The van der Waals surface area contributed by atoms with Gasteiger partial charge < -0.3 is 0 Å². The van der Waals surface area contributed by atoms with Crippen molar-refractivity contribution in [1.82, 2.24) is 29.4 Å². The predicted molar refractivity (Wildman–Crippen MR) is 76.3 cm³/mol. The molecule has 0 aromatic carbocycles. The molecule has 0 aliphatic carbocycles. The summed E-state index contributed by atoms with van der Waals surface area (Å²) in [5, 5.41) is 8.75. The van der Waals surface area contributed by atoms with Crippen LogP contribution in [0.1, 0.15) is 24.5 Å². The third-order valence-corrected chi connectivity index (χ3v) is 4.02. The Hall–Kier alpha value is -1.69. The van der Waals surface area contributed by atoms with E-state index in [1.54, 1.807) is 0 Å². The van der Waals surface area contributed by atoms with Crippen molar-refractivity contribution in [2.24, 2.45) is 0 Å². The van der Waals surface area contributed by atoms with Crippen LogP contribution in [0.4, 0.5) is 0 Å². The summed E-state index contributed by atoms with van der Waals surface area (Å²) in [5.74, 6) is 1.88. The van der Waals surface area contributed by atoms with Crippen LogP contribution in [0.25, 0.3) is 0 Å². The molecule has 0 unspecified atom stereocenters. The van der Waals surface area contributed by atoms with Crippen molar-refractivity contribution in [3.8, 4) is 0 Å². The number of aryl methyl sites for hydroxylation is 2. The normalized spacial score (nSPS) is 19.8. The lowest BCUT2D eigenvalue weighted by molar-refractivity contribution is 0.215. The van der Waals surface area contributed by atoms with Crippen molar-refractivity contribution < 1.29 is 0 Å². The molecule has 3 heterocycles. The molecule has 6 nitrogen and oxygen atoms in total. The van der Waals surface area contributed by atoms with Crippen molar-refractivity contribution in [1.29, 1.82) is 0 Å². The first kappa shape index (κ1) is 13.3. The van der Waals surface area contributed by atoms with Gasteiger partial charge in [-0.3, -0.25) is 9.58 Å². The Morgan fingerprint density at radius 2 is 2.20 bits per heavy atom. The Bertz CT molecular complexity index is 544. The van der Waals surface area contributed by atoms with Crippen molar-refractivity contribution >= 4 is 0 Å². The molecule has 1 atom stereocenters. The maximum Gasteiger partial charge on any atom is 0.147 e. The van der Waals surface area contributed by atoms with Gasteiger partial charge in [-0.25, -0.2) is 9.67 Å². The Balaban J connectivity index is 1.59. The van der Waals surface area contributed by atoms with E-state index in [0.29, 0.717) is 6.04 Å². The van der Waals surface area contributed by atoms with Gasteiger partial charge >= 0.3 is 0 Å². The van der Waals surface area contributed by atoms with E-state index in [4.69, 9.17) is 0 Å². The van der Waals surface area contributed by atoms with Crippen LogP contribution in [0.2, 0.25) is 0 Å². The second-order valence-corrected chi connectivity index (χ2v) is 5.49. The van der Waals surface area contributed by atoms with Crippen LogP contribution in [-0.4, -0.2) is 48.6 Å². The van der Waals surface area contributed by atoms with E-state index in [1.165, 1.54) is 19.4 Å². The molecule has 1 aliphatic heterocycles. The fourth-order valence-corrected chi connectivity index (χ4v) is 2.99. The third-order valence-electron chi connectivity index (χ3n) is 4.02. The molecule has 0 N–H and O–H groups in total. The van der Waals surface area contributed by atoms with Gasteiger partial charge in [-0.1, -0.05) is 0 Å². The van der Waals surface area contributed by atoms with Crippen molar-refractivity contribution in [2.45, 2.75) is 45.8 Å². The van der Waals surface area contributed by atoms with E-state index >= 15 is 0 Å². The average Bonchev–Trinajstić information content (AvgIpc) is 3.11. The van der Waals surface area contributed by atoms with Crippen molar-refractivity contribution in [3.05, 3.63) is 30.1 Å². The first-order valence-electron chi connectivity index (χ1n) is 7.32. The van der Waals surface area contributed by atoms with E-state index < -0.39 is 0 Å². The second kappa shape index (κ2) is 5.75. The van der Waals surface area contributed by atoms with Gasteiger partial charge in [0, 0.05) is 25.0 Å². The van der Waals surface area contributed by atoms with Gasteiger partial charge in [0.2, 0.25) is 0 Å². The molecule has 0 spiro atoms. The zero-order valence-corrected chi connectivity index (χ0v) is 12.2. The topological polar surface area (TPSA) is 51.8 Å². The Labute approximate surface area is 119 Å². The van der Waals surface area contributed by atoms with Crippen LogP contribution in [0.3, 0.4) is 0 Å². The number of rotatable bonds is 5. The van der Waals surface area contributed by atoms with Gasteiger partial charge in [0.05, 0.1) is 13.1 Å². The molecule has 3 rings (SSSR count). The van der Waals surface area contributed by atoms with Crippen LogP contribution in [0.15, 0.2) is 18.5 Å².